The highest BCUT2D eigenvalue weighted by Crippen LogP contribution is 2.64. The second-order valence-electron chi connectivity index (χ2n) is 6.05. The number of nitrogens with zero attached hydrogens (tertiary/aromatic N) is 2. The molecule has 1 saturated heterocycles. The highest BCUT2D eigenvalue weighted by atomic mass is 32.1. The molecule has 2 atom stereocenters. The summed E-state index contributed by atoms with van der Waals surface area (Å²) in [7, 11) is 0. The van der Waals surface area contributed by atoms with Crippen LogP contribution in [-0.4, -0.2) is 14.8 Å². The van der Waals surface area contributed by atoms with Crippen LogP contribution in [0.4, 0.5) is 0 Å². The van der Waals surface area contributed by atoms with Crippen LogP contribution in [0.3, 0.4) is 0 Å². The van der Waals surface area contributed by atoms with Crippen molar-refractivity contribution in [3.05, 3.63) is 28.1 Å². The summed E-state index contributed by atoms with van der Waals surface area (Å²) in [6, 6.07) is 5.47. The van der Waals surface area contributed by atoms with Gasteiger partial charge in [-0.2, -0.15) is 5.26 Å². The maximum absolute atomic E-state index is 10.6. The van der Waals surface area contributed by atoms with Crippen molar-refractivity contribution in [2.45, 2.75) is 37.9 Å². The van der Waals surface area contributed by atoms with Gasteiger partial charge in [-0.3, -0.25) is 0 Å². The largest absolute Gasteiger partial charge is 0.494 e. The molecule has 2 aromatic heterocycles. The van der Waals surface area contributed by atoms with E-state index in [9.17, 15) is 10.2 Å². The summed E-state index contributed by atoms with van der Waals surface area (Å²) in [5.41, 5.74) is 0.264. The normalized spacial score (nSPS) is 29.6. The van der Waals surface area contributed by atoms with Crippen molar-refractivity contribution in [2.75, 3.05) is 0 Å². The molecule has 1 fully saturated rings. The summed E-state index contributed by atoms with van der Waals surface area (Å²) in [6.45, 7) is 3.89. The number of aromatic hydroxyl groups is 2. The molecule has 0 spiro atoms. The van der Waals surface area contributed by atoms with Gasteiger partial charge >= 0.3 is 0 Å². The molecular formula is C15H14N2O3S. The molecular weight excluding hydrogens is 288 g/mol. The van der Waals surface area contributed by atoms with E-state index in [0.717, 1.165) is 12.8 Å². The molecule has 2 aliphatic heterocycles. The lowest BCUT2D eigenvalue weighted by molar-refractivity contribution is -0.0683. The summed E-state index contributed by atoms with van der Waals surface area (Å²) < 4.78 is 7.47. The van der Waals surface area contributed by atoms with Crippen molar-refractivity contribution >= 4 is 11.3 Å². The van der Waals surface area contributed by atoms with E-state index in [1.165, 1.54) is 15.9 Å². The van der Waals surface area contributed by atoms with Crippen molar-refractivity contribution in [1.29, 1.82) is 5.26 Å². The van der Waals surface area contributed by atoms with Crippen LogP contribution in [-0.2, 0) is 15.9 Å². The van der Waals surface area contributed by atoms with Crippen LogP contribution in [0, 0.1) is 11.3 Å². The van der Waals surface area contributed by atoms with Crippen molar-refractivity contribution in [2.24, 2.45) is 0 Å². The van der Waals surface area contributed by atoms with Gasteiger partial charge in [-0.15, -0.1) is 11.3 Å². The van der Waals surface area contributed by atoms with Crippen LogP contribution in [0.2, 0.25) is 0 Å². The predicted octanol–water partition coefficient (Wildman–Crippen LogP) is 3.08. The molecule has 6 heteroatoms. The Morgan fingerprint density at radius 2 is 1.76 bits per heavy atom. The smallest absolute Gasteiger partial charge is 0.205 e. The third-order valence-electron chi connectivity index (χ3n) is 4.63. The van der Waals surface area contributed by atoms with Gasteiger partial charge < -0.3 is 14.9 Å². The summed E-state index contributed by atoms with van der Waals surface area (Å²) in [5, 5.41) is 30.8. The Morgan fingerprint density at radius 1 is 1.19 bits per heavy atom. The zero-order valence-electron chi connectivity index (χ0n) is 11.7. The first-order valence-electron chi connectivity index (χ1n) is 6.78. The number of hydrogen-bond donors (Lipinski definition) is 2. The molecule has 0 amide bonds. The van der Waals surface area contributed by atoms with Crippen LogP contribution in [0.15, 0.2) is 12.1 Å². The lowest BCUT2D eigenvalue weighted by Gasteiger charge is -2.20. The van der Waals surface area contributed by atoms with Crippen molar-refractivity contribution in [3.8, 4) is 22.8 Å². The van der Waals surface area contributed by atoms with Gasteiger partial charge in [0.25, 0.3) is 0 Å². The fraction of sp³-hybridized carbons (Fsp3) is 0.400. The minimum absolute atomic E-state index is 0.0137. The van der Waals surface area contributed by atoms with E-state index >= 15 is 0 Å². The monoisotopic (exact) mass is 302 g/mol. The zero-order valence-corrected chi connectivity index (χ0v) is 12.5. The van der Waals surface area contributed by atoms with Gasteiger partial charge in [-0.1, -0.05) is 0 Å². The number of ether oxygens (including phenoxy) is 1. The third kappa shape index (κ3) is 1.38. The number of rotatable bonds is 1. The fourth-order valence-corrected chi connectivity index (χ4v) is 4.50. The lowest BCUT2D eigenvalue weighted by Crippen LogP contribution is -2.17. The van der Waals surface area contributed by atoms with Gasteiger partial charge in [0.2, 0.25) is 11.8 Å². The Balaban J connectivity index is 2.00. The molecule has 0 aliphatic carbocycles. The molecule has 108 valence electrons. The van der Waals surface area contributed by atoms with Crippen LogP contribution in [0.25, 0.3) is 5.00 Å². The quantitative estimate of drug-likeness (QED) is 0.848. The van der Waals surface area contributed by atoms with Crippen molar-refractivity contribution < 1.29 is 14.9 Å². The van der Waals surface area contributed by atoms with Gasteiger partial charge in [0.1, 0.15) is 15.9 Å². The molecule has 21 heavy (non-hydrogen) atoms. The first-order valence-corrected chi connectivity index (χ1v) is 7.59. The molecule has 4 rings (SSSR count). The standard InChI is InChI=1S/C15H14N2O3S/c1-14-5-6-15(2,20-14)11-10(14)12(18)17(13(11)19)9-4-3-8(7-16)21-9/h3-4,18-19H,5-6H2,1-2H3. The van der Waals surface area contributed by atoms with E-state index in [2.05, 4.69) is 6.07 Å². The number of fused-ring (bicyclic) bond motifs is 5. The highest BCUT2D eigenvalue weighted by molar-refractivity contribution is 7.15. The van der Waals surface area contributed by atoms with Crippen LogP contribution in [0.1, 0.15) is 42.7 Å². The van der Waals surface area contributed by atoms with Gasteiger partial charge in [-0.25, -0.2) is 4.57 Å². The molecule has 2 N–H and O–H groups in total. The van der Waals surface area contributed by atoms with Crippen LogP contribution in [0.5, 0.6) is 11.8 Å². The van der Waals surface area contributed by atoms with E-state index in [-0.39, 0.29) is 11.8 Å². The van der Waals surface area contributed by atoms with E-state index in [1.807, 2.05) is 13.8 Å². The number of nitriles is 1. The average molecular weight is 302 g/mol. The van der Waals surface area contributed by atoms with Gasteiger partial charge in [0, 0.05) is 0 Å². The Kier molecular flexibility index (Phi) is 2.19. The second-order valence-corrected chi connectivity index (χ2v) is 7.11. The van der Waals surface area contributed by atoms with E-state index < -0.39 is 11.2 Å². The Labute approximate surface area is 125 Å². The zero-order chi connectivity index (χ0) is 15.0. The Morgan fingerprint density at radius 3 is 2.24 bits per heavy atom. The van der Waals surface area contributed by atoms with Gasteiger partial charge in [0.05, 0.1) is 22.3 Å². The Bertz CT molecular complexity index is 776. The molecule has 5 nitrogen and oxygen atoms in total. The van der Waals surface area contributed by atoms with Crippen molar-refractivity contribution in [3.63, 3.8) is 0 Å². The van der Waals surface area contributed by atoms with Crippen LogP contribution < -0.4 is 0 Å². The topological polar surface area (TPSA) is 78.4 Å². The van der Waals surface area contributed by atoms with E-state index in [0.29, 0.717) is 21.0 Å². The van der Waals surface area contributed by atoms with E-state index in [4.69, 9.17) is 10.00 Å². The molecule has 0 saturated carbocycles. The summed E-state index contributed by atoms with van der Waals surface area (Å²) in [6.07, 6.45) is 1.64. The lowest BCUT2D eigenvalue weighted by atomic mass is 9.80. The number of thiophene rings is 1. The van der Waals surface area contributed by atoms with Gasteiger partial charge in [0.15, 0.2) is 0 Å². The predicted molar refractivity (Wildman–Crippen MR) is 76.7 cm³/mol. The second kappa shape index (κ2) is 3.62. The summed E-state index contributed by atoms with van der Waals surface area (Å²) >= 11 is 1.23. The van der Waals surface area contributed by atoms with E-state index in [1.54, 1.807) is 12.1 Å². The average Bonchev–Trinajstić information content (AvgIpc) is 3.11. The molecule has 2 unspecified atom stereocenters. The molecule has 2 bridgehead atoms. The first-order chi connectivity index (χ1) is 9.89. The molecule has 4 heterocycles. The number of aromatic nitrogens is 1. The maximum atomic E-state index is 10.6. The summed E-state index contributed by atoms with van der Waals surface area (Å²) in [4.78, 5) is 0.536. The molecule has 0 radical (unpaired) electrons. The third-order valence-corrected chi connectivity index (χ3v) is 5.61. The molecule has 2 aliphatic rings. The highest BCUT2D eigenvalue weighted by Gasteiger charge is 2.59. The minimum Gasteiger partial charge on any atom is -0.494 e. The van der Waals surface area contributed by atoms with Crippen LogP contribution >= 0.6 is 11.3 Å². The first kappa shape index (κ1) is 12.7. The minimum atomic E-state index is -0.549. The number of hydrogen-bond acceptors (Lipinski definition) is 5. The fourth-order valence-electron chi connectivity index (χ4n) is 3.69. The van der Waals surface area contributed by atoms with Crippen molar-refractivity contribution in [1.82, 2.24) is 4.57 Å². The SMILES string of the molecule is CC12CCC(C)(O1)c1c2c(O)n(-c2ccc(C#N)s2)c1O. The van der Waals surface area contributed by atoms with Gasteiger partial charge in [-0.05, 0) is 38.8 Å². The molecule has 2 aromatic rings. The maximum Gasteiger partial charge on any atom is 0.205 e. The summed E-state index contributed by atoms with van der Waals surface area (Å²) in [5.74, 6) is 0.0273. The Hall–Kier alpha value is -1.97. The molecule has 0 aromatic carbocycles.